The molecule has 56 heavy (non-hydrogen) atoms. The summed E-state index contributed by atoms with van der Waals surface area (Å²) >= 11 is 0. The molecule has 4 nitrogen and oxygen atoms in total. The van der Waals surface area contributed by atoms with E-state index in [9.17, 15) is 0 Å². The van der Waals surface area contributed by atoms with Gasteiger partial charge in [0.1, 0.15) is 5.58 Å². The normalized spacial score (nSPS) is 14.4. The fourth-order valence-electron chi connectivity index (χ4n) is 7.10. The Labute approximate surface area is 356 Å². The van der Waals surface area contributed by atoms with Gasteiger partial charge in [0.25, 0.3) is 0 Å². The number of pyridine rings is 1. The summed E-state index contributed by atoms with van der Waals surface area (Å²) < 4.78 is 77.9. The average Bonchev–Trinajstić information content (AvgIpc) is 3.84. The van der Waals surface area contributed by atoms with Crippen LogP contribution in [0.15, 0.2) is 138 Å². The number of hydrogen-bond donors (Lipinski definition) is 0. The van der Waals surface area contributed by atoms with Crippen molar-refractivity contribution in [3.05, 3.63) is 174 Å². The molecular formula is C51H45IrN3O-2. The van der Waals surface area contributed by atoms with E-state index in [0.717, 1.165) is 56.2 Å². The smallest absolute Gasteiger partial charge is 0.121 e. The zero-order chi connectivity index (χ0) is 45.7. The summed E-state index contributed by atoms with van der Waals surface area (Å²) in [5, 5.41) is 1.76. The molecule has 0 aliphatic heterocycles. The van der Waals surface area contributed by atoms with Crippen LogP contribution in [0.25, 0.3) is 72.4 Å². The van der Waals surface area contributed by atoms with E-state index in [-0.39, 0.29) is 36.8 Å². The molecule has 5 heteroatoms. The second-order valence-corrected chi connectivity index (χ2v) is 14.2. The molecule has 0 atom stereocenters. The Morgan fingerprint density at radius 3 is 2.18 bits per heavy atom. The van der Waals surface area contributed by atoms with Crippen molar-refractivity contribution < 1.29 is 36.9 Å². The first-order valence-electron chi connectivity index (χ1n) is 22.9. The van der Waals surface area contributed by atoms with Crippen LogP contribution < -0.4 is 0 Å². The molecule has 1 radical (unpaired) electrons. The molecule has 3 aromatic heterocycles. The molecule has 0 amide bonds. The monoisotopic (exact) mass is 917 g/mol. The van der Waals surface area contributed by atoms with E-state index in [1.54, 1.807) is 18.2 Å². The Bertz CT molecular complexity index is 3100. The third-order valence-electron chi connectivity index (χ3n) is 9.88. The van der Waals surface area contributed by atoms with Crippen molar-refractivity contribution >= 4 is 33.0 Å². The number of rotatable bonds is 6. The average molecular weight is 917 g/mol. The molecule has 9 aromatic rings. The Balaban J connectivity index is 0.000000191. The number of para-hydroxylation sites is 3. The number of furan rings is 1. The quantitative estimate of drug-likeness (QED) is 0.156. The summed E-state index contributed by atoms with van der Waals surface area (Å²) in [4.78, 5) is 9.22. The second-order valence-electron chi connectivity index (χ2n) is 14.2. The standard InChI is InChI=1S/C26H27N2.C25H18NO.Ir/c1-17(2)21-9-8-10-22(18(3)4)25(21)28-24-12-7-6-11-23(24)27-26(28)20-15-13-19(5)14-16-20;1-16-13-23(26-15-17(16)2)22-10-6-9-21-20-12-11-19(14-24(20)27-25(21)22)18-7-4-3-5-8-18;/h6-15,17-18H,1-5H3;3-9,11-15H,1-2H3;/q2*-1;/i5D3;1D3,2D3;. The maximum Gasteiger partial charge on any atom is 0.121 e. The molecule has 0 aliphatic rings. The minimum atomic E-state index is -2.60. The van der Waals surface area contributed by atoms with Gasteiger partial charge in [-0.2, -0.15) is 0 Å². The second kappa shape index (κ2) is 16.2. The Morgan fingerprint density at radius 1 is 0.696 bits per heavy atom. The van der Waals surface area contributed by atoms with Gasteiger partial charge in [0, 0.05) is 49.7 Å². The summed E-state index contributed by atoms with van der Waals surface area (Å²) in [6.07, 6.45) is 1.12. The minimum Gasteiger partial charge on any atom is -0.501 e. The molecule has 0 spiro atoms. The van der Waals surface area contributed by atoms with E-state index in [1.807, 2.05) is 78.9 Å². The predicted octanol–water partition coefficient (Wildman–Crippen LogP) is 13.8. The van der Waals surface area contributed by atoms with Gasteiger partial charge in [-0.05, 0) is 77.2 Å². The van der Waals surface area contributed by atoms with Crippen molar-refractivity contribution in [1.29, 1.82) is 0 Å². The molecule has 0 N–H and O–H groups in total. The van der Waals surface area contributed by atoms with E-state index >= 15 is 0 Å². The number of aryl methyl sites for hydroxylation is 3. The maximum atomic E-state index is 7.83. The van der Waals surface area contributed by atoms with Gasteiger partial charge in [0.05, 0.1) is 22.4 Å². The first-order valence-corrected chi connectivity index (χ1v) is 18.4. The SMILES string of the molecule is [2H]C([2H])([2H])c1c[c-]c(-c2nc3ccccc3n2-c2c(C(C)C)cccc2C(C)C)cc1.[2H]C([2H])([2H])c1cnc(-c2[c-]ccc3c2oc2cc(-c4ccccc4)ccc23)cc1C([2H])([2H])[2H].[Ir]. The van der Waals surface area contributed by atoms with Crippen LogP contribution in [0.2, 0.25) is 0 Å². The molecule has 0 saturated heterocycles. The van der Waals surface area contributed by atoms with Crippen molar-refractivity contribution in [2.24, 2.45) is 0 Å². The fraction of sp³-hybridized carbons (Fsp3) is 0.176. The van der Waals surface area contributed by atoms with Gasteiger partial charge in [0.15, 0.2) is 0 Å². The first-order chi connectivity index (χ1) is 30.3. The first kappa shape index (κ1) is 28.7. The van der Waals surface area contributed by atoms with Crippen LogP contribution in [0, 0.1) is 32.7 Å². The Morgan fingerprint density at radius 2 is 1.46 bits per heavy atom. The van der Waals surface area contributed by atoms with Crippen molar-refractivity contribution in [3.63, 3.8) is 0 Å². The van der Waals surface area contributed by atoms with Crippen LogP contribution in [0.5, 0.6) is 0 Å². The zero-order valence-corrected chi connectivity index (χ0v) is 33.8. The Hall–Kier alpha value is -5.61. The third kappa shape index (κ3) is 7.37. The van der Waals surface area contributed by atoms with Gasteiger partial charge in [-0.25, -0.2) is 0 Å². The van der Waals surface area contributed by atoms with Crippen molar-refractivity contribution in [3.8, 4) is 39.5 Å². The number of benzene rings is 6. The predicted molar refractivity (Wildman–Crippen MR) is 229 cm³/mol. The van der Waals surface area contributed by atoms with E-state index < -0.39 is 20.6 Å². The summed E-state index contributed by atoms with van der Waals surface area (Å²) in [5.41, 5.74) is 10.2. The summed E-state index contributed by atoms with van der Waals surface area (Å²) in [7, 11) is 0. The van der Waals surface area contributed by atoms with E-state index in [2.05, 4.69) is 73.6 Å². The summed E-state index contributed by atoms with van der Waals surface area (Å²) in [6, 6.07) is 46.8. The fourth-order valence-corrected chi connectivity index (χ4v) is 7.10. The van der Waals surface area contributed by atoms with E-state index in [1.165, 1.54) is 17.2 Å². The van der Waals surface area contributed by atoms with E-state index in [4.69, 9.17) is 21.7 Å². The van der Waals surface area contributed by atoms with E-state index in [0.29, 0.717) is 34.3 Å². The molecule has 0 aliphatic carbocycles. The molecular weight excluding hydrogens is 863 g/mol. The number of imidazole rings is 1. The summed E-state index contributed by atoms with van der Waals surface area (Å²) in [5.74, 6) is 1.45. The molecule has 0 saturated carbocycles. The molecule has 281 valence electrons. The van der Waals surface area contributed by atoms with Gasteiger partial charge in [0.2, 0.25) is 0 Å². The van der Waals surface area contributed by atoms with Crippen LogP contribution in [-0.2, 0) is 20.1 Å². The molecule has 6 aromatic carbocycles. The van der Waals surface area contributed by atoms with Crippen LogP contribution in [0.4, 0.5) is 0 Å². The zero-order valence-electron chi connectivity index (χ0n) is 40.4. The van der Waals surface area contributed by atoms with Gasteiger partial charge < -0.3 is 14.0 Å². The van der Waals surface area contributed by atoms with Gasteiger partial charge in [-0.3, -0.25) is 4.98 Å². The maximum absolute atomic E-state index is 7.83. The topological polar surface area (TPSA) is 43.9 Å². The minimum absolute atomic E-state index is 0. The van der Waals surface area contributed by atoms with Crippen LogP contribution in [0.1, 0.15) is 79.7 Å². The third-order valence-corrected chi connectivity index (χ3v) is 9.88. The van der Waals surface area contributed by atoms with Crippen molar-refractivity contribution in [2.75, 3.05) is 0 Å². The van der Waals surface area contributed by atoms with Crippen LogP contribution >= 0.6 is 0 Å². The number of fused-ring (bicyclic) bond motifs is 4. The molecule has 0 fully saturated rings. The molecule has 9 rings (SSSR count). The summed E-state index contributed by atoms with van der Waals surface area (Å²) in [6.45, 7) is 1.49. The Kier molecular flexibility index (Phi) is 8.34. The molecule has 0 unspecified atom stereocenters. The van der Waals surface area contributed by atoms with Crippen LogP contribution in [0.3, 0.4) is 0 Å². The number of nitrogens with zero attached hydrogens (tertiary/aromatic N) is 3. The van der Waals surface area contributed by atoms with Gasteiger partial charge in [-0.15, -0.1) is 53.6 Å². The van der Waals surface area contributed by atoms with Crippen LogP contribution in [-0.4, -0.2) is 14.5 Å². The number of hydrogen-bond acceptors (Lipinski definition) is 3. The van der Waals surface area contributed by atoms with Gasteiger partial charge in [-0.1, -0.05) is 130 Å². The molecule has 3 heterocycles. The van der Waals surface area contributed by atoms with Crippen molar-refractivity contribution in [1.82, 2.24) is 14.5 Å². The number of aromatic nitrogens is 3. The largest absolute Gasteiger partial charge is 0.501 e. The van der Waals surface area contributed by atoms with Gasteiger partial charge >= 0.3 is 0 Å². The molecule has 0 bridgehead atoms. The van der Waals surface area contributed by atoms with Crippen molar-refractivity contribution in [2.45, 2.75) is 60.1 Å².